The number of carbonyl (C=O) groups excluding carboxylic acids is 1. The van der Waals surface area contributed by atoms with Crippen LogP contribution in [-0.2, 0) is 9.59 Å². The number of rotatable bonds is 6. The molecule has 1 N–H and O–H groups in total. The monoisotopic (exact) mass is 380 g/mol. The first-order chi connectivity index (χ1) is 13.5. The predicted octanol–water partition coefficient (Wildman–Crippen LogP) is 3.02. The van der Waals surface area contributed by atoms with Crippen molar-refractivity contribution in [3.63, 3.8) is 0 Å². The van der Waals surface area contributed by atoms with E-state index in [4.69, 9.17) is 14.6 Å². The molecule has 1 amide bonds. The zero-order valence-corrected chi connectivity index (χ0v) is 15.5. The van der Waals surface area contributed by atoms with Gasteiger partial charge in [-0.05, 0) is 47.5 Å². The highest BCUT2D eigenvalue weighted by molar-refractivity contribution is 6.04. The Morgan fingerprint density at radius 1 is 1.00 bits per heavy atom. The van der Waals surface area contributed by atoms with Crippen molar-refractivity contribution in [3.05, 3.63) is 71.8 Å². The molecule has 1 aliphatic heterocycles. The second-order valence-corrected chi connectivity index (χ2v) is 6.12. The van der Waals surface area contributed by atoms with E-state index in [9.17, 15) is 9.59 Å². The zero-order chi connectivity index (χ0) is 20.1. The minimum Gasteiger partial charge on any atom is -0.497 e. The quantitative estimate of drug-likeness (QED) is 0.778. The van der Waals surface area contributed by atoms with E-state index in [0.29, 0.717) is 12.2 Å². The van der Waals surface area contributed by atoms with Gasteiger partial charge in [0.2, 0.25) is 0 Å². The van der Waals surface area contributed by atoms with E-state index >= 15 is 0 Å². The van der Waals surface area contributed by atoms with Crippen molar-refractivity contribution < 1.29 is 24.2 Å². The summed E-state index contributed by atoms with van der Waals surface area (Å²) in [6, 6.07) is 14.5. The third-order valence-corrected chi connectivity index (χ3v) is 4.43. The molecule has 7 nitrogen and oxygen atoms in total. The molecule has 3 rings (SSSR count). The Hall–Kier alpha value is -3.61. The van der Waals surface area contributed by atoms with Crippen LogP contribution in [-0.4, -0.2) is 41.9 Å². The molecule has 0 unspecified atom stereocenters. The summed E-state index contributed by atoms with van der Waals surface area (Å²) < 4.78 is 10.4. The van der Waals surface area contributed by atoms with Gasteiger partial charge >= 0.3 is 5.97 Å². The van der Waals surface area contributed by atoms with Crippen LogP contribution in [0.1, 0.15) is 23.6 Å². The zero-order valence-electron chi connectivity index (χ0n) is 15.5. The number of benzene rings is 2. The molecule has 28 heavy (non-hydrogen) atoms. The lowest BCUT2D eigenvalue weighted by molar-refractivity contribution is -0.132. The summed E-state index contributed by atoms with van der Waals surface area (Å²) in [6.07, 6.45) is 2.33. The number of hydrazone groups is 1. The second kappa shape index (κ2) is 8.39. The van der Waals surface area contributed by atoms with Crippen LogP contribution >= 0.6 is 0 Å². The van der Waals surface area contributed by atoms with Gasteiger partial charge in [-0.1, -0.05) is 12.1 Å². The van der Waals surface area contributed by atoms with Gasteiger partial charge in [0, 0.05) is 18.6 Å². The van der Waals surface area contributed by atoms with Crippen molar-refractivity contribution in [2.24, 2.45) is 5.10 Å². The number of carbonyl (C=O) groups is 2. The molecule has 0 bridgehead atoms. The van der Waals surface area contributed by atoms with Crippen LogP contribution in [0.3, 0.4) is 0 Å². The molecule has 1 atom stereocenters. The molecule has 0 aliphatic carbocycles. The van der Waals surface area contributed by atoms with Crippen LogP contribution in [0.2, 0.25) is 0 Å². The summed E-state index contributed by atoms with van der Waals surface area (Å²) >= 11 is 0. The average Bonchev–Trinajstić information content (AvgIpc) is 3.17. The highest BCUT2D eigenvalue weighted by Crippen LogP contribution is 2.34. The Morgan fingerprint density at radius 3 is 2.11 bits per heavy atom. The van der Waals surface area contributed by atoms with E-state index in [2.05, 4.69) is 5.10 Å². The third kappa shape index (κ3) is 4.20. The van der Waals surface area contributed by atoms with Gasteiger partial charge in [0.25, 0.3) is 5.91 Å². The second-order valence-electron chi connectivity index (χ2n) is 6.12. The Morgan fingerprint density at radius 2 is 1.57 bits per heavy atom. The summed E-state index contributed by atoms with van der Waals surface area (Å²) in [5.41, 5.74) is 2.49. The van der Waals surface area contributed by atoms with Gasteiger partial charge in [-0.25, -0.2) is 9.80 Å². The molecule has 2 aromatic carbocycles. The summed E-state index contributed by atoms with van der Waals surface area (Å²) in [5, 5.41) is 14.6. The number of amides is 1. The molecule has 1 heterocycles. The number of nitrogens with zero attached hydrogens (tertiary/aromatic N) is 2. The fourth-order valence-corrected chi connectivity index (χ4v) is 2.98. The van der Waals surface area contributed by atoms with Crippen LogP contribution in [0.5, 0.6) is 11.5 Å². The summed E-state index contributed by atoms with van der Waals surface area (Å²) in [5.74, 6) is -0.243. The lowest BCUT2D eigenvalue weighted by Gasteiger charge is -2.20. The van der Waals surface area contributed by atoms with Crippen LogP contribution in [0.15, 0.2) is 65.8 Å². The van der Waals surface area contributed by atoms with Crippen LogP contribution in [0.25, 0.3) is 0 Å². The standard InChI is InChI=1S/C21H20N2O5/c1-27-16-7-3-14(4-8-16)18-13-19(15-5-9-17(28-2)10-6-15)23(22-18)20(24)11-12-21(25)26/h3-12,19H,13H2,1-2H3,(H,25,26)/b12-11-/t19-/m1/s1. The fourth-order valence-electron chi connectivity index (χ4n) is 2.98. The van der Waals surface area contributed by atoms with Crippen molar-refractivity contribution >= 4 is 17.6 Å². The van der Waals surface area contributed by atoms with E-state index < -0.39 is 11.9 Å². The number of ether oxygens (including phenoxy) is 2. The summed E-state index contributed by atoms with van der Waals surface area (Å²) in [6.45, 7) is 0. The van der Waals surface area contributed by atoms with Gasteiger partial charge in [-0.15, -0.1) is 0 Å². The Balaban J connectivity index is 1.92. The van der Waals surface area contributed by atoms with Gasteiger partial charge < -0.3 is 14.6 Å². The molecule has 0 saturated carbocycles. The lowest BCUT2D eigenvalue weighted by atomic mass is 9.98. The Bertz CT molecular complexity index is 917. The minimum absolute atomic E-state index is 0.339. The molecule has 0 spiro atoms. The Labute approximate surface area is 162 Å². The number of carboxylic acids is 1. The van der Waals surface area contributed by atoms with E-state index in [0.717, 1.165) is 34.7 Å². The van der Waals surface area contributed by atoms with E-state index in [-0.39, 0.29) is 6.04 Å². The third-order valence-electron chi connectivity index (χ3n) is 4.43. The molecule has 1 aliphatic rings. The van der Waals surface area contributed by atoms with E-state index in [1.54, 1.807) is 14.2 Å². The number of hydrogen-bond acceptors (Lipinski definition) is 5. The fraction of sp³-hybridized carbons (Fsp3) is 0.190. The molecule has 0 radical (unpaired) electrons. The normalized spacial score (nSPS) is 16.1. The van der Waals surface area contributed by atoms with Gasteiger partial charge in [0.05, 0.1) is 26.0 Å². The molecular formula is C21H20N2O5. The van der Waals surface area contributed by atoms with Gasteiger partial charge in [0.1, 0.15) is 11.5 Å². The predicted molar refractivity (Wildman–Crippen MR) is 104 cm³/mol. The summed E-state index contributed by atoms with van der Waals surface area (Å²) in [7, 11) is 3.18. The van der Waals surface area contributed by atoms with Crippen molar-refractivity contribution in [1.29, 1.82) is 0 Å². The highest BCUT2D eigenvalue weighted by atomic mass is 16.5. The topological polar surface area (TPSA) is 88.4 Å². The van der Waals surface area contributed by atoms with Crippen molar-refractivity contribution in [2.75, 3.05) is 14.2 Å². The first-order valence-electron chi connectivity index (χ1n) is 8.62. The maximum absolute atomic E-state index is 12.6. The lowest BCUT2D eigenvalue weighted by Crippen LogP contribution is -2.25. The first kappa shape index (κ1) is 19.2. The molecule has 0 fully saturated rings. The van der Waals surface area contributed by atoms with Crippen molar-refractivity contribution in [3.8, 4) is 11.5 Å². The number of carboxylic acid groups (broad SMARTS) is 1. The SMILES string of the molecule is COc1ccc(C2=NN(C(=O)/C=C\C(=O)O)[C@@H](c3ccc(OC)cc3)C2)cc1. The molecule has 7 heteroatoms. The van der Waals surface area contributed by atoms with Crippen LogP contribution < -0.4 is 9.47 Å². The van der Waals surface area contributed by atoms with Crippen molar-refractivity contribution in [2.45, 2.75) is 12.5 Å². The first-order valence-corrected chi connectivity index (χ1v) is 8.62. The number of hydrogen-bond donors (Lipinski definition) is 1. The average molecular weight is 380 g/mol. The smallest absolute Gasteiger partial charge is 0.328 e. The Kier molecular flexibility index (Phi) is 5.74. The van der Waals surface area contributed by atoms with Crippen LogP contribution in [0.4, 0.5) is 0 Å². The van der Waals surface area contributed by atoms with Gasteiger partial charge in [-0.3, -0.25) is 4.79 Å². The highest BCUT2D eigenvalue weighted by Gasteiger charge is 2.32. The van der Waals surface area contributed by atoms with E-state index in [1.165, 1.54) is 5.01 Å². The number of methoxy groups -OCH3 is 2. The minimum atomic E-state index is -1.19. The maximum atomic E-state index is 12.6. The molecule has 0 saturated heterocycles. The maximum Gasteiger partial charge on any atom is 0.328 e. The largest absolute Gasteiger partial charge is 0.497 e. The van der Waals surface area contributed by atoms with Crippen LogP contribution in [0, 0.1) is 0 Å². The molecule has 0 aromatic heterocycles. The summed E-state index contributed by atoms with van der Waals surface area (Å²) in [4.78, 5) is 23.3. The van der Waals surface area contributed by atoms with Gasteiger partial charge in [0.15, 0.2) is 0 Å². The molecular weight excluding hydrogens is 360 g/mol. The van der Waals surface area contributed by atoms with Gasteiger partial charge in [-0.2, -0.15) is 5.10 Å². The van der Waals surface area contributed by atoms with Crippen molar-refractivity contribution in [1.82, 2.24) is 5.01 Å². The molecule has 2 aromatic rings. The van der Waals surface area contributed by atoms with E-state index in [1.807, 2.05) is 48.5 Å². The number of aliphatic carboxylic acids is 1. The molecule has 144 valence electrons.